The van der Waals surface area contributed by atoms with Crippen molar-refractivity contribution in [3.63, 3.8) is 0 Å². The van der Waals surface area contributed by atoms with E-state index >= 15 is 0 Å². The van der Waals surface area contributed by atoms with Gasteiger partial charge in [-0.05, 0) is 104 Å². The van der Waals surface area contributed by atoms with Gasteiger partial charge in [0.1, 0.15) is 0 Å². The van der Waals surface area contributed by atoms with Crippen molar-refractivity contribution in [1.82, 2.24) is 10.2 Å². The van der Waals surface area contributed by atoms with Crippen molar-refractivity contribution >= 4 is 11.3 Å². The van der Waals surface area contributed by atoms with Crippen molar-refractivity contribution in [2.45, 2.75) is 78.1 Å². The number of anilines is 1. The molecule has 0 amide bonds. The Morgan fingerprint density at radius 3 is 2.34 bits per heavy atom. The lowest BCUT2D eigenvalue weighted by Gasteiger charge is -2.52. The number of hydrogen-bond donors (Lipinski definition) is 4. The molecule has 5 N–H and O–H groups in total. The molecule has 2 unspecified atom stereocenters. The first-order valence-electron chi connectivity index (χ1n) is 14.1. The highest BCUT2D eigenvalue weighted by Gasteiger charge is 2.51. The van der Waals surface area contributed by atoms with E-state index in [4.69, 9.17) is 5.73 Å². The molecule has 3 rings (SSSR count). The Hall–Kier alpha value is -2.12. The summed E-state index contributed by atoms with van der Waals surface area (Å²) in [7, 11) is 8.19. The monoisotopic (exact) mass is 524 g/mol. The highest BCUT2D eigenvalue weighted by Crippen LogP contribution is 2.55. The molecule has 6 nitrogen and oxygen atoms in total. The third-order valence-electron chi connectivity index (χ3n) is 9.22. The molecule has 0 radical (unpaired) electrons. The van der Waals surface area contributed by atoms with E-state index in [2.05, 4.69) is 71.2 Å². The van der Waals surface area contributed by atoms with Crippen LogP contribution in [0.3, 0.4) is 0 Å². The van der Waals surface area contributed by atoms with Gasteiger partial charge in [-0.25, -0.2) is 0 Å². The fourth-order valence-corrected chi connectivity index (χ4v) is 6.89. The first-order valence-corrected chi connectivity index (χ1v) is 14.1. The van der Waals surface area contributed by atoms with Crippen molar-refractivity contribution in [1.29, 1.82) is 0 Å². The number of rotatable bonds is 10. The number of benzene rings is 1. The van der Waals surface area contributed by atoms with Crippen LogP contribution < -0.4 is 16.0 Å². The highest BCUT2D eigenvalue weighted by molar-refractivity contribution is 5.88. The normalized spacial score (nSPS) is 24.9. The van der Waals surface area contributed by atoms with Crippen LogP contribution >= 0.6 is 0 Å². The van der Waals surface area contributed by atoms with Gasteiger partial charge in [0.25, 0.3) is 0 Å². The van der Waals surface area contributed by atoms with Crippen LogP contribution in [0.4, 0.5) is 5.69 Å². The third-order valence-corrected chi connectivity index (χ3v) is 9.22. The highest BCUT2D eigenvalue weighted by atomic mass is 16.3. The number of hydrogen-bond acceptors (Lipinski definition) is 6. The predicted molar refractivity (Wildman–Crippen MR) is 161 cm³/mol. The molecule has 6 heteroatoms. The molecule has 0 aliphatic heterocycles. The van der Waals surface area contributed by atoms with Crippen LogP contribution in [0.2, 0.25) is 0 Å². The largest absolute Gasteiger partial charge is 0.402 e. The summed E-state index contributed by atoms with van der Waals surface area (Å²) in [5.41, 5.74) is 15.1. The molecule has 1 aromatic carbocycles. The molecule has 0 fully saturated rings. The van der Waals surface area contributed by atoms with E-state index in [-0.39, 0.29) is 30.4 Å². The number of aliphatic hydroxyl groups is 2. The summed E-state index contributed by atoms with van der Waals surface area (Å²) in [6.45, 7) is 20.1. The second kappa shape index (κ2) is 11.5. The predicted octanol–water partition coefficient (Wildman–Crippen LogP) is 4.23. The van der Waals surface area contributed by atoms with Gasteiger partial charge in [0.2, 0.25) is 0 Å². The van der Waals surface area contributed by atoms with Crippen molar-refractivity contribution in [3.05, 3.63) is 58.3 Å². The second-order valence-corrected chi connectivity index (χ2v) is 12.5. The standard InChI is InChI=1S/C32H52N4O2/c1-18(2)34-16-25-14-28(35(8)9)26-12-24-13-27(29(17-37)36(10)11)32(38,15-19(3)23(7)33)22(6)31(24)21(5)30(26)20(25)4/h14,18-19,24,27,29,34,37-38H,5,7,12-13,15-17,33H2,1-4,6,8-11H3/t19?,24-,27-,29?,32+/m0/s1. The number of nitrogens with zero attached hydrogens (tertiary/aromatic N) is 2. The van der Waals surface area contributed by atoms with Crippen molar-refractivity contribution in [2.24, 2.45) is 23.5 Å². The molecule has 0 aromatic heterocycles. The molecule has 212 valence electrons. The van der Waals surface area contributed by atoms with Gasteiger partial charge >= 0.3 is 0 Å². The average Bonchev–Trinajstić information content (AvgIpc) is 2.81. The molecule has 2 aliphatic carbocycles. The Balaban J connectivity index is 2.24. The minimum absolute atomic E-state index is 0.0148. The zero-order chi connectivity index (χ0) is 28.7. The minimum Gasteiger partial charge on any atom is -0.402 e. The van der Waals surface area contributed by atoms with Crippen LogP contribution in [0.15, 0.2) is 36.1 Å². The first kappa shape index (κ1) is 30.4. The third kappa shape index (κ3) is 5.46. The van der Waals surface area contributed by atoms with E-state index in [9.17, 15) is 10.2 Å². The van der Waals surface area contributed by atoms with Gasteiger partial charge in [0, 0.05) is 50.0 Å². The van der Waals surface area contributed by atoms with Gasteiger partial charge in [-0.1, -0.05) is 33.9 Å². The summed E-state index contributed by atoms with van der Waals surface area (Å²) < 4.78 is 0. The lowest BCUT2D eigenvalue weighted by Crippen LogP contribution is -2.56. The molecule has 0 bridgehead atoms. The van der Waals surface area contributed by atoms with Crippen LogP contribution in [-0.2, 0) is 13.0 Å². The van der Waals surface area contributed by atoms with E-state index < -0.39 is 5.60 Å². The molecule has 5 atom stereocenters. The lowest BCUT2D eigenvalue weighted by atomic mass is 9.58. The van der Waals surface area contributed by atoms with Crippen molar-refractivity contribution in [2.75, 3.05) is 39.7 Å². The van der Waals surface area contributed by atoms with Gasteiger partial charge in [-0.2, -0.15) is 0 Å². The Kier molecular flexibility index (Phi) is 9.25. The van der Waals surface area contributed by atoms with Gasteiger partial charge < -0.3 is 31.1 Å². The quantitative estimate of drug-likeness (QED) is 0.367. The van der Waals surface area contributed by atoms with Crippen molar-refractivity contribution in [3.8, 4) is 0 Å². The van der Waals surface area contributed by atoms with Crippen LogP contribution in [0, 0.1) is 24.7 Å². The zero-order valence-electron chi connectivity index (χ0n) is 25.3. The van der Waals surface area contributed by atoms with E-state index in [1.54, 1.807) is 0 Å². The average molecular weight is 525 g/mol. The summed E-state index contributed by atoms with van der Waals surface area (Å²) in [4.78, 5) is 4.26. The number of nitrogens with two attached hydrogens (primary N) is 1. The fraction of sp³-hybridized carbons (Fsp3) is 0.625. The summed E-state index contributed by atoms with van der Waals surface area (Å²) >= 11 is 0. The van der Waals surface area contributed by atoms with Crippen LogP contribution in [0.5, 0.6) is 0 Å². The number of nitrogens with one attached hydrogen (secondary N) is 1. The molecule has 0 saturated carbocycles. The van der Waals surface area contributed by atoms with E-state index in [1.807, 2.05) is 25.9 Å². The van der Waals surface area contributed by atoms with Gasteiger partial charge in [-0.15, -0.1) is 0 Å². The molecule has 0 heterocycles. The van der Waals surface area contributed by atoms with Gasteiger partial charge in [0.05, 0.1) is 12.2 Å². The Morgan fingerprint density at radius 2 is 1.84 bits per heavy atom. The van der Waals surface area contributed by atoms with Gasteiger partial charge in [0.15, 0.2) is 0 Å². The minimum atomic E-state index is -1.12. The number of aliphatic hydroxyl groups excluding tert-OH is 1. The Morgan fingerprint density at radius 1 is 1.21 bits per heavy atom. The number of likely N-dealkylation sites (N-methyl/N-ethyl adjacent to an activating group) is 1. The number of allylic oxidation sites excluding steroid dienone is 3. The van der Waals surface area contributed by atoms with E-state index in [1.165, 1.54) is 33.5 Å². The van der Waals surface area contributed by atoms with Crippen LogP contribution in [0.25, 0.3) is 5.57 Å². The maximum absolute atomic E-state index is 12.5. The topological polar surface area (TPSA) is 85.0 Å². The zero-order valence-corrected chi connectivity index (χ0v) is 25.3. The van der Waals surface area contributed by atoms with E-state index in [0.717, 1.165) is 30.5 Å². The fourth-order valence-electron chi connectivity index (χ4n) is 6.89. The molecule has 0 spiro atoms. The van der Waals surface area contributed by atoms with Crippen LogP contribution in [-0.4, -0.2) is 67.6 Å². The second-order valence-electron chi connectivity index (χ2n) is 12.5. The molecule has 1 aromatic rings. The maximum atomic E-state index is 12.5. The maximum Gasteiger partial charge on any atom is 0.0910 e. The Labute approximate surface area is 231 Å². The van der Waals surface area contributed by atoms with Crippen LogP contribution in [0.1, 0.15) is 62.8 Å². The molecule has 0 saturated heterocycles. The summed E-state index contributed by atoms with van der Waals surface area (Å²) in [5, 5.41) is 26.6. The summed E-state index contributed by atoms with van der Waals surface area (Å²) in [5.74, 6) is 0.0188. The molecular formula is C32H52N4O2. The molecule has 2 aliphatic rings. The summed E-state index contributed by atoms with van der Waals surface area (Å²) in [6.07, 6.45) is 2.14. The van der Waals surface area contributed by atoms with Crippen molar-refractivity contribution < 1.29 is 10.2 Å². The first-order chi connectivity index (χ1) is 17.6. The van der Waals surface area contributed by atoms with Gasteiger partial charge in [-0.3, -0.25) is 0 Å². The smallest absolute Gasteiger partial charge is 0.0910 e. The number of fused-ring (bicyclic) bond motifs is 2. The SMILES string of the molecule is C=C1C2=C(C)[C@](O)(CC(C)C(=C)N)[C@H](C(CO)N(C)C)C[C@@H]2Cc2c(N(C)C)cc(CNC(C)C)c(C)c21. The van der Waals surface area contributed by atoms with E-state index in [0.29, 0.717) is 18.2 Å². The lowest BCUT2D eigenvalue weighted by molar-refractivity contribution is -0.0605. The summed E-state index contributed by atoms with van der Waals surface area (Å²) in [6, 6.07) is 2.55. The molecule has 38 heavy (non-hydrogen) atoms. The Bertz CT molecular complexity index is 1100. The molecular weight excluding hydrogens is 472 g/mol.